The molecule has 1 aliphatic heterocycles. The Labute approximate surface area is 130 Å². The van der Waals surface area contributed by atoms with Crippen LogP contribution in [0.4, 0.5) is 0 Å². The maximum atomic E-state index is 13.0. The Bertz CT molecular complexity index is 661. The van der Waals surface area contributed by atoms with Crippen molar-refractivity contribution >= 4 is 5.91 Å². The number of hydrogen-bond donors (Lipinski definition) is 1. The fraction of sp³-hybridized carbons (Fsp3) is 0.333. The van der Waals surface area contributed by atoms with E-state index in [4.69, 9.17) is 0 Å². The zero-order chi connectivity index (χ0) is 15.4. The van der Waals surface area contributed by atoms with Crippen LogP contribution in [0.15, 0.2) is 48.8 Å². The third kappa shape index (κ3) is 2.82. The number of benzene rings is 1. The summed E-state index contributed by atoms with van der Waals surface area (Å²) in [5.74, 6) is 0.819. The molecule has 0 saturated heterocycles. The number of nitrogens with zero attached hydrogens (tertiary/aromatic N) is 2. The van der Waals surface area contributed by atoms with E-state index in [1.54, 1.807) is 12.4 Å². The number of rotatable bonds is 5. The normalized spacial score (nSPS) is 17.1. The molecule has 1 aliphatic rings. The second kappa shape index (κ2) is 6.60. The minimum absolute atomic E-state index is 0.0816. The highest BCUT2D eigenvalue weighted by molar-refractivity contribution is 6.00. The second-order valence-corrected chi connectivity index (χ2v) is 5.58. The Morgan fingerprint density at radius 2 is 2.27 bits per heavy atom. The number of aromatic amines is 1. The van der Waals surface area contributed by atoms with Gasteiger partial charge in [-0.05, 0) is 12.5 Å². The lowest BCUT2D eigenvalue weighted by atomic mass is 10.0. The zero-order valence-electron chi connectivity index (χ0n) is 12.8. The highest BCUT2D eigenvalue weighted by Gasteiger charge is 2.27. The van der Waals surface area contributed by atoms with Crippen molar-refractivity contribution in [1.29, 1.82) is 0 Å². The van der Waals surface area contributed by atoms with Crippen molar-refractivity contribution < 1.29 is 4.79 Å². The van der Waals surface area contributed by atoms with Gasteiger partial charge >= 0.3 is 0 Å². The monoisotopic (exact) mass is 295 g/mol. The second-order valence-electron chi connectivity index (χ2n) is 5.58. The highest BCUT2D eigenvalue weighted by atomic mass is 16.2. The number of nitrogens with one attached hydrogen (secondary N) is 1. The van der Waals surface area contributed by atoms with Gasteiger partial charge in [0.15, 0.2) is 0 Å². The maximum absolute atomic E-state index is 13.0. The summed E-state index contributed by atoms with van der Waals surface area (Å²) < 4.78 is 0. The van der Waals surface area contributed by atoms with Crippen LogP contribution in [-0.4, -0.2) is 33.4 Å². The van der Waals surface area contributed by atoms with Gasteiger partial charge in [-0.1, -0.05) is 50.1 Å². The fourth-order valence-corrected chi connectivity index (χ4v) is 2.91. The van der Waals surface area contributed by atoms with Crippen LogP contribution in [0.25, 0.3) is 11.4 Å². The molecule has 0 fully saturated rings. The average molecular weight is 295 g/mol. The Balaban J connectivity index is 1.87. The molecule has 0 bridgehead atoms. The van der Waals surface area contributed by atoms with Gasteiger partial charge in [0.05, 0.1) is 11.6 Å². The first kappa shape index (κ1) is 14.6. The minimum atomic E-state index is 0.0816. The maximum Gasteiger partial charge on any atom is 0.255 e. The van der Waals surface area contributed by atoms with E-state index < -0.39 is 0 Å². The molecule has 2 heterocycles. The molecule has 0 aliphatic carbocycles. The van der Waals surface area contributed by atoms with Crippen molar-refractivity contribution in [3.8, 4) is 11.4 Å². The molecule has 1 N–H and O–H groups in total. The van der Waals surface area contributed by atoms with E-state index >= 15 is 0 Å². The molecule has 1 atom stereocenters. The van der Waals surface area contributed by atoms with Crippen molar-refractivity contribution in [3.63, 3.8) is 0 Å². The summed E-state index contributed by atoms with van der Waals surface area (Å²) in [4.78, 5) is 22.3. The predicted molar refractivity (Wildman–Crippen MR) is 87.5 cm³/mol. The molecule has 1 aromatic carbocycles. The van der Waals surface area contributed by atoms with Gasteiger partial charge in [-0.15, -0.1) is 0 Å². The van der Waals surface area contributed by atoms with Crippen LogP contribution in [0.2, 0.25) is 0 Å². The molecule has 0 spiro atoms. The van der Waals surface area contributed by atoms with E-state index in [2.05, 4.69) is 29.0 Å². The third-order valence-corrected chi connectivity index (χ3v) is 4.09. The zero-order valence-corrected chi connectivity index (χ0v) is 12.8. The topological polar surface area (TPSA) is 49.0 Å². The standard InChI is InChI=1S/C18H21N3O/c1-2-3-7-14-8-6-13-21(14)18(22)16-10-5-4-9-15(16)17-19-11-12-20-17/h4-6,8-12,14H,2-3,7,13H2,1H3,(H,19,20)/t14-/m0/s1. The van der Waals surface area contributed by atoms with Gasteiger partial charge in [0, 0.05) is 24.5 Å². The number of aromatic nitrogens is 2. The Hall–Kier alpha value is -2.36. The van der Waals surface area contributed by atoms with Crippen molar-refractivity contribution in [3.05, 3.63) is 54.4 Å². The molecule has 4 nitrogen and oxygen atoms in total. The van der Waals surface area contributed by atoms with Crippen molar-refractivity contribution in [2.24, 2.45) is 0 Å². The molecule has 1 aromatic heterocycles. The van der Waals surface area contributed by atoms with Gasteiger partial charge in [-0.3, -0.25) is 4.79 Å². The van der Waals surface area contributed by atoms with Crippen molar-refractivity contribution in [2.75, 3.05) is 6.54 Å². The van der Waals surface area contributed by atoms with E-state index in [0.29, 0.717) is 12.1 Å². The number of imidazole rings is 1. The van der Waals surface area contributed by atoms with E-state index in [1.165, 1.54) is 0 Å². The van der Waals surface area contributed by atoms with Gasteiger partial charge in [0.1, 0.15) is 5.82 Å². The Morgan fingerprint density at radius 1 is 1.41 bits per heavy atom. The van der Waals surface area contributed by atoms with E-state index in [-0.39, 0.29) is 11.9 Å². The predicted octanol–water partition coefficient (Wildman–Crippen LogP) is 3.65. The summed E-state index contributed by atoms with van der Waals surface area (Å²) in [6.45, 7) is 2.87. The van der Waals surface area contributed by atoms with Gasteiger partial charge in [-0.25, -0.2) is 4.98 Å². The van der Waals surface area contributed by atoms with Crippen LogP contribution in [-0.2, 0) is 0 Å². The lowest BCUT2D eigenvalue weighted by Gasteiger charge is -2.25. The third-order valence-electron chi connectivity index (χ3n) is 4.09. The summed E-state index contributed by atoms with van der Waals surface area (Å²) in [5, 5.41) is 0. The lowest BCUT2D eigenvalue weighted by molar-refractivity contribution is 0.0744. The SMILES string of the molecule is CCCC[C@H]1C=CCN1C(=O)c1ccccc1-c1ncc[nH]1. The van der Waals surface area contributed by atoms with Gasteiger partial charge in [0.25, 0.3) is 5.91 Å². The van der Waals surface area contributed by atoms with E-state index in [9.17, 15) is 4.79 Å². The van der Waals surface area contributed by atoms with E-state index in [0.717, 1.165) is 30.7 Å². The summed E-state index contributed by atoms with van der Waals surface area (Å²) in [6.07, 6.45) is 11.0. The first-order chi connectivity index (χ1) is 10.8. The molecular formula is C18H21N3O. The number of carbonyl (C=O) groups excluding carboxylic acids is 1. The Kier molecular flexibility index (Phi) is 4.37. The molecule has 114 valence electrons. The number of unbranched alkanes of at least 4 members (excludes halogenated alkanes) is 1. The lowest BCUT2D eigenvalue weighted by Crippen LogP contribution is -2.36. The van der Waals surface area contributed by atoms with Crippen LogP contribution in [0, 0.1) is 0 Å². The average Bonchev–Trinajstić information content (AvgIpc) is 3.23. The van der Waals surface area contributed by atoms with Crippen LogP contribution >= 0.6 is 0 Å². The molecule has 2 aromatic rings. The van der Waals surface area contributed by atoms with Gasteiger partial charge < -0.3 is 9.88 Å². The summed E-state index contributed by atoms with van der Waals surface area (Å²) in [6, 6.07) is 7.89. The molecular weight excluding hydrogens is 274 g/mol. The van der Waals surface area contributed by atoms with Crippen LogP contribution in [0.1, 0.15) is 36.5 Å². The summed E-state index contributed by atoms with van der Waals surface area (Å²) >= 11 is 0. The smallest absolute Gasteiger partial charge is 0.255 e. The minimum Gasteiger partial charge on any atom is -0.345 e. The molecule has 1 amide bonds. The van der Waals surface area contributed by atoms with Crippen molar-refractivity contribution in [1.82, 2.24) is 14.9 Å². The van der Waals surface area contributed by atoms with Crippen LogP contribution in [0.3, 0.4) is 0 Å². The van der Waals surface area contributed by atoms with Crippen LogP contribution in [0.5, 0.6) is 0 Å². The molecule has 0 saturated carbocycles. The molecule has 3 rings (SSSR count). The van der Waals surface area contributed by atoms with Crippen molar-refractivity contribution in [2.45, 2.75) is 32.2 Å². The van der Waals surface area contributed by atoms with E-state index in [1.807, 2.05) is 29.2 Å². The van der Waals surface area contributed by atoms with Crippen LogP contribution < -0.4 is 0 Å². The molecule has 0 radical (unpaired) electrons. The first-order valence-electron chi connectivity index (χ1n) is 7.87. The molecule has 22 heavy (non-hydrogen) atoms. The summed E-state index contributed by atoms with van der Waals surface area (Å²) in [7, 11) is 0. The number of H-pyrrole nitrogens is 1. The Morgan fingerprint density at radius 3 is 3.05 bits per heavy atom. The first-order valence-corrected chi connectivity index (χ1v) is 7.87. The quantitative estimate of drug-likeness (QED) is 0.856. The number of amides is 1. The largest absolute Gasteiger partial charge is 0.345 e. The summed E-state index contributed by atoms with van der Waals surface area (Å²) in [5.41, 5.74) is 1.57. The fourth-order valence-electron chi connectivity index (χ4n) is 2.91. The van der Waals surface area contributed by atoms with Gasteiger partial charge in [0.2, 0.25) is 0 Å². The number of carbonyl (C=O) groups is 1. The molecule has 0 unspecified atom stereocenters. The van der Waals surface area contributed by atoms with Gasteiger partial charge in [-0.2, -0.15) is 0 Å². The molecule has 4 heteroatoms. The highest BCUT2D eigenvalue weighted by Crippen LogP contribution is 2.25. The number of hydrogen-bond acceptors (Lipinski definition) is 2.